The van der Waals surface area contributed by atoms with E-state index in [0.717, 1.165) is 13.1 Å². The fraction of sp³-hybridized carbons (Fsp3) is 0.286. The Morgan fingerprint density at radius 3 is 2.75 bits per heavy atom. The van der Waals surface area contributed by atoms with Crippen LogP contribution < -0.4 is 0 Å². The molecule has 0 spiro atoms. The van der Waals surface area contributed by atoms with E-state index in [2.05, 4.69) is 60.6 Å². The van der Waals surface area contributed by atoms with Crippen molar-refractivity contribution >= 4 is 11.3 Å². The molecule has 0 N–H and O–H groups in total. The maximum atomic E-state index is 2.31. The molecule has 0 bridgehead atoms. The van der Waals surface area contributed by atoms with Crippen LogP contribution in [-0.4, -0.2) is 18.5 Å². The number of benzene rings is 1. The number of nitrogens with zero attached hydrogens (tertiary/aromatic N) is 1. The highest BCUT2D eigenvalue weighted by Gasteiger charge is 2.01. The third kappa shape index (κ3) is 2.71. The molecule has 2 heteroatoms. The minimum Gasteiger partial charge on any atom is -0.302 e. The van der Waals surface area contributed by atoms with Gasteiger partial charge in [0.25, 0.3) is 0 Å². The van der Waals surface area contributed by atoms with E-state index in [1.54, 1.807) is 11.3 Å². The van der Waals surface area contributed by atoms with Gasteiger partial charge in [0.15, 0.2) is 0 Å². The maximum absolute atomic E-state index is 2.31. The summed E-state index contributed by atoms with van der Waals surface area (Å²) in [5.41, 5.74) is 2.72. The third-order valence-electron chi connectivity index (χ3n) is 2.73. The zero-order valence-corrected chi connectivity index (χ0v) is 10.6. The molecule has 0 amide bonds. The summed E-state index contributed by atoms with van der Waals surface area (Å²) in [6, 6.07) is 13.1. The van der Waals surface area contributed by atoms with Gasteiger partial charge in [0.1, 0.15) is 0 Å². The highest BCUT2D eigenvalue weighted by molar-refractivity contribution is 7.13. The van der Waals surface area contributed by atoms with Crippen LogP contribution in [0.3, 0.4) is 0 Å². The average molecular weight is 231 g/mol. The van der Waals surface area contributed by atoms with Gasteiger partial charge in [-0.3, -0.25) is 0 Å². The minimum absolute atomic E-state index is 1.02. The molecular formula is C14H17NS. The van der Waals surface area contributed by atoms with Crippen molar-refractivity contribution in [2.24, 2.45) is 0 Å². The second-order valence-corrected chi connectivity index (χ2v) is 4.96. The van der Waals surface area contributed by atoms with Gasteiger partial charge in [-0.1, -0.05) is 31.2 Å². The zero-order valence-electron chi connectivity index (χ0n) is 9.81. The predicted octanol–water partition coefficient (Wildman–Crippen LogP) is 3.87. The smallest absolute Gasteiger partial charge is 0.0342 e. The van der Waals surface area contributed by atoms with Crippen molar-refractivity contribution < 1.29 is 0 Å². The molecule has 0 saturated carbocycles. The van der Waals surface area contributed by atoms with Gasteiger partial charge >= 0.3 is 0 Å². The van der Waals surface area contributed by atoms with Gasteiger partial charge in [-0.15, -0.1) is 11.3 Å². The van der Waals surface area contributed by atoms with E-state index >= 15 is 0 Å². The Bertz CT molecular complexity index is 434. The summed E-state index contributed by atoms with van der Waals surface area (Å²) in [5, 5.41) is 2.13. The van der Waals surface area contributed by atoms with Crippen LogP contribution in [0.4, 0.5) is 0 Å². The molecule has 0 unspecified atom stereocenters. The highest BCUT2D eigenvalue weighted by atomic mass is 32.1. The Hall–Kier alpha value is -1.12. The van der Waals surface area contributed by atoms with Crippen molar-refractivity contribution in [1.82, 2.24) is 4.90 Å². The van der Waals surface area contributed by atoms with E-state index in [4.69, 9.17) is 0 Å². The predicted molar refractivity (Wildman–Crippen MR) is 71.8 cm³/mol. The topological polar surface area (TPSA) is 3.24 Å². The molecule has 16 heavy (non-hydrogen) atoms. The Morgan fingerprint density at radius 2 is 2.06 bits per heavy atom. The van der Waals surface area contributed by atoms with E-state index in [0.29, 0.717) is 0 Å². The van der Waals surface area contributed by atoms with E-state index < -0.39 is 0 Å². The Labute approximate surface area is 101 Å². The molecule has 1 nitrogen and oxygen atoms in total. The van der Waals surface area contributed by atoms with Crippen LogP contribution in [0.25, 0.3) is 10.4 Å². The van der Waals surface area contributed by atoms with Crippen molar-refractivity contribution in [1.29, 1.82) is 0 Å². The average Bonchev–Trinajstić information content (AvgIpc) is 2.83. The first-order valence-electron chi connectivity index (χ1n) is 5.61. The first-order valence-corrected chi connectivity index (χ1v) is 6.49. The lowest BCUT2D eigenvalue weighted by Crippen LogP contribution is -2.16. The zero-order chi connectivity index (χ0) is 11.4. The van der Waals surface area contributed by atoms with Gasteiger partial charge in [0, 0.05) is 11.4 Å². The van der Waals surface area contributed by atoms with Gasteiger partial charge in [-0.25, -0.2) is 0 Å². The molecule has 2 rings (SSSR count). The summed E-state index contributed by atoms with van der Waals surface area (Å²) in [6.07, 6.45) is 0. The minimum atomic E-state index is 1.02. The van der Waals surface area contributed by atoms with Crippen LogP contribution in [0.5, 0.6) is 0 Å². The van der Waals surface area contributed by atoms with Crippen molar-refractivity contribution in [3.63, 3.8) is 0 Å². The van der Waals surface area contributed by atoms with Gasteiger partial charge in [0.2, 0.25) is 0 Å². The monoisotopic (exact) mass is 231 g/mol. The second-order valence-electron chi connectivity index (χ2n) is 4.01. The molecule has 0 aliphatic rings. The lowest BCUT2D eigenvalue weighted by molar-refractivity contribution is 0.346. The molecule has 2 aromatic rings. The van der Waals surface area contributed by atoms with Gasteiger partial charge in [-0.2, -0.15) is 0 Å². The molecule has 0 fully saturated rings. The Balaban J connectivity index is 2.20. The third-order valence-corrected chi connectivity index (χ3v) is 3.64. The SMILES string of the molecule is CCN(C)Cc1cccc(-c2cccs2)c1. The largest absolute Gasteiger partial charge is 0.302 e. The number of hydrogen-bond acceptors (Lipinski definition) is 2. The molecule has 1 aromatic carbocycles. The number of thiophene rings is 1. The molecule has 0 aliphatic heterocycles. The molecule has 0 atom stereocenters. The van der Waals surface area contributed by atoms with Crippen LogP contribution >= 0.6 is 11.3 Å². The standard InChI is InChI=1S/C14H17NS/c1-3-15(2)11-12-6-4-7-13(10-12)14-8-5-9-16-14/h4-10H,3,11H2,1-2H3. The van der Waals surface area contributed by atoms with Crippen LogP contribution in [0.15, 0.2) is 41.8 Å². The second kappa shape index (κ2) is 5.28. The van der Waals surface area contributed by atoms with Crippen LogP contribution in [0, 0.1) is 0 Å². The van der Waals surface area contributed by atoms with Crippen molar-refractivity contribution in [2.75, 3.05) is 13.6 Å². The summed E-state index contributed by atoms with van der Waals surface area (Å²) < 4.78 is 0. The lowest BCUT2D eigenvalue weighted by Gasteiger charge is -2.14. The first-order chi connectivity index (χ1) is 7.79. The Morgan fingerprint density at radius 1 is 1.19 bits per heavy atom. The van der Waals surface area contributed by atoms with E-state index in [-0.39, 0.29) is 0 Å². The van der Waals surface area contributed by atoms with Gasteiger partial charge < -0.3 is 4.90 Å². The van der Waals surface area contributed by atoms with E-state index in [1.807, 2.05) is 0 Å². The lowest BCUT2D eigenvalue weighted by atomic mass is 10.1. The molecule has 1 aromatic heterocycles. The summed E-state index contributed by atoms with van der Waals surface area (Å²) in [4.78, 5) is 3.66. The summed E-state index contributed by atoms with van der Waals surface area (Å²) in [6.45, 7) is 4.29. The quantitative estimate of drug-likeness (QED) is 0.772. The molecule has 84 valence electrons. The van der Waals surface area contributed by atoms with Crippen LogP contribution in [-0.2, 0) is 6.54 Å². The van der Waals surface area contributed by atoms with E-state index in [1.165, 1.54) is 16.0 Å². The molecule has 0 radical (unpaired) electrons. The maximum Gasteiger partial charge on any atom is 0.0342 e. The normalized spacial score (nSPS) is 10.9. The highest BCUT2D eigenvalue weighted by Crippen LogP contribution is 2.25. The first kappa shape index (κ1) is 11.4. The molecular weight excluding hydrogens is 214 g/mol. The van der Waals surface area contributed by atoms with Crippen molar-refractivity contribution in [3.05, 3.63) is 47.3 Å². The van der Waals surface area contributed by atoms with Crippen molar-refractivity contribution in [2.45, 2.75) is 13.5 Å². The fourth-order valence-corrected chi connectivity index (χ4v) is 2.41. The number of hydrogen-bond donors (Lipinski definition) is 0. The van der Waals surface area contributed by atoms with E-state index in [9.17, 15) is 0 Å². The van der Waals surface area contributed by atoms with Crippen LogP contribution in [0.1, 0.15) is 12.5 Å². The summed E-state index contributed by atoms with van der Waals surface area (Å²) in [5.74, 6) is 0. The molecule has 0 aliphatic carbocycles. The van der Waals surface area contributed by atoms with Gasteiger partial charge in [-0.05, 0) is 42.2 Å². The van der Waals surface area contributed by atoms with Crippen LogP contribution in [0.2, 0.25) is 0 Å². The van der Waals surface area contributed by atoms with Crippen molar-refractivity contribution in [3.8, 4) is 10.4 Å². The number of rotatable bonds is 4. The fourth-order valence-electron chi connectivity index (χ4n) is 1.69. The Kier molecular flexibility index (Phi) is 3.75. The molecule has 1 heterocycles. The summed E-state index contributed by atoms with van der Waals surface area (Å²) >= 11 is 1.80. The summed E-state index contributed by atoms with van der Waals surface area (Å²) in [7, 11) is 2.15. The van der Waals surface area contributed by atoms with Gasteiger partial charge in [0.05, 0.1) is 0 Å². The molecule has 0 saturated heterocycles.